The fraction of sp³-hybridized carbons (Fsp3) is 0.571. The van der Waals surface area contributed by atoms with Gasteiger partial charge in [-0.15, -0.1) is 0 Å². The van der Waals surface area contributed by atoms with E-state index in [2.05, 4.69) is 13.8 Å². The van der Waals surface area contributed by atoms with Crippen molar-refractivity contribution in [3.8, 4) is 0 Å². The summed E-state index contributed by atoms with van der Waals surface area (Å²) in [7, 11) is -3.70. The van der Waals surface area contributed by atoms with Crippen molar-refractivity contribution in [1.82, 2.24) is 0 Å². The summed E-state index contributed by atoms with van der Waals surface area (Å²) >= 11 is 0. The van der Waals surface area contributed by atoms with Crippen LogP contribution >= 0.6 is 7.94 Å². The van der Waals surface area contributed by atoms with E-state index in [1.165, 1.54) is 6.42 Å². The first-order valence-electron chi connectivity index (χ1n) is 6.74. The SMILES string of the molecule is CCCCC(CC)CO[PH](O)(O)c1ccccc1. The summed E-state index contributed by atoms with van der Waals surface area (Å²) in [5.74, 6) is 0.417. The van der Waals surface area contributed by atoms with Gasteiger partial charge >= 0.3 is 110 Å². The van der Waals surface area contributed by atoms with Crippen molar-refractivity contribution in [3.63, 3.8) is 0 Å². The van der Waals surface area contributed by atoms with Gasteiger partial charge in [0.15, 0.2) is 0 Å². The summed E-state index contributed by atoms with van der Waals surface area (Å²) < 4.78 is 5.42. The molecule has 1 aromatic carbocycles. The van der Waals surface area contributed by atoms with Gasteiger partial charge in [0.1, 0.15) is 0 Å². The zero-order valence-electron chi connectivity index (χ0n) is 11.3. The number of unbranched alkanes of at least 4 members (excludes halogenated alkanes) is 1. The Labute approximate surface area is 110 Å². The van der Waals surface area contributed by atoms with Crippen LogP contribution in [0, 0.1) is 5.92 Å². The summed E-state index contributed by atoms with van der Waals surface area (Å²) in [6, 6.07) is 8.85. The van der Waals surface area contributed by atoms with Crippen LogP contribution in [0.1, 0.15) is 39.5 Å². The van der Waals surface area contributed by atoms with Gasteiger partial charge in [-0.3, -0.25) is 0 Å². The molecule has 2 N–H and O–H groups in total. The first kappa shape index (κ1) is 15.6. The van der Waals surface area contributed by atoms with Gasteiger partial charge in [0, 0.05) is 0 Å². The Kier molecular flexibility index (Phi) is 6.80. The average molecular weight is 272 g/mol. The first-order valence-corrected chi connectivity index (χ1v) is 8.54. The van der Waals surface area contributed by atoms with E-state index in [9.17, 15) is 9.79 Å². The average Bonchev–Trinajstić information content (AvgIpc) is 2.40. The van der Waals surface area contributed by atoms with E-state index in [1.807, 2.05) is 6.07 Å². The van der Waals surface area contributed by atoms with E-state index in [4.69, 9.17) is 4.52 Å². The van der Waals surface area contributed by atoms with E-state index in [1.54, 1.807) is 24.3 Å². The van der Waals surface area contributed by atoms with Gasteiger partial charge in [0.25, 0.3) is 0 Å². The Morgan fingerprint density at radius 3 is 2.39 bits per heavy atom. The Bertz CT molecular complexity index is 327. The molecule has 0 radical (unpaired) electrons. The molecule has 18 heavy (non-hydrogen) atoms. The second-order valence-corrected chi connectivity index (χ2v) is 6.78. The van der Waals surface area contributed by atoms with Crippen LogP contribution in [0.2, 0.25) is 0 Å². The summed E-state index contributed by atoms with van der Waals surface area (Å²) in [6.45, 7) is 4.71. The number of hydrogen-bond donors (Lipinski definition) is 2. The topological polar surface area (TPSA) is 49.7 Å². The van der Waals surface area contributed by atoms with Crippen LogP contribution in [0.3, 0.4) is 0 Å². The van der Waals surface area contributed by atoms with Crippen molar-refractivity contribution in [2.45, 2.75) is 39.5 Å². The number of hydrogen-bond acceptors (Lipinski definition) is 3. The molecule has 0 aromatic heterocycles. The van der Waals surface area contributed by atoms with Crippen LogP contribution in [0.25, 0.3) is 0 Å². The fourth-order valence-corrected chi connectivity index (χ4v) is 3.13. The summed E-state index contributed by atoms with van der Waals surface area (Å²) in [6.07, 6.45) is 4.43. The third-order valence-corrected chi connectivity index (χ3v) is 4.87. The maximum atomic E-state index is 10.0. The van der Waals surface area contributed by atoms with Gasteiger partial charge < -0.3 is 0 Å². The van der Waals surface area contributed by atoms with E-state index in [0.29, 0.717) is 17.8 Å². The Morgan fingerprint density at radius 1 is 1.17 bits per heavy atom. The molecule has 1 atom stereocenters. The van der Waals surface area contributed by atoms with Crippen LogP contribution in [0.5, 0.6) is 0 Å². The Hall–Kier alpha value is -0.470. The number of benzene rings is 1. The van der Waals surface area contributed by atoms with Crippen molar-refractivity contribution in [2.24, 2.45) is 5.92 Å². The molecular formula is C14H25O3P. The Balaban J connectivity index is 2.50. The molecule has 0 heterocycles. The molecule has 104 valence electrons. The number of rotatable bonds is 8. The molecule has 0 aliphatic heterocycles. The molecule has 0 amide bonds. The zero-order chi connectivity index (χ0) is 13.4. The maximum absolute atomic E-state index is 10.0. The summed E-state index contributed by atoms with van der Waals surface area (Å²) in [5.41, 5.74) is 0. The summed E-state index contributed by atoms with van der Waals surface area (Å²) in [4.78, 5) is 20.1. The molecule has 0 aliphatic carbocycles. The molecule has 0 aliphatic rings. The van der Waals surface area contributed by atoms with Crippen LogP contribution in [0.4, 0.5) is 0 Å². The van der Waals surface area contributed by atoms with E-state index >= 15 is 0 Å². The third kappa shape index (κ3) is 5.03. The predicted molar refractivity (Wildman–Crippen MR) is 78.1 cm³/mol. The van der Waals surface area contributed by atoms with E-state index in [0.717, 1.165) is 19.3 Å². The van der Waals surface area contributed by atoms with Crippen molar-refractivity contribution >= 4 is 13.2 Å². The van der Waals surface area contributed by atoms with Gasteiger partial charge in [-0.25, -0.2) is 0 Å². The molecule has 0 saturated carbocycles. The van der Waals surface area contributed by atoms with Crippen LogP contribution in [-0.2, 0) is 4.52 Å². The van der Waals surface area contributed by atoms with Crippen LogP contribution < -0.4 is 5.30 Å². The molecular weight excluding hydrogens is 247 g/mol. The van der Waals surface area contributed by atoms with E-state index < -0.39 is 7.94 Å². The molecule has 0 bridgehead atoms. The minimum atomic E-state index is -3.70. The van der Waals surface area contributed by atoms with Crippen molar-refractivity contribution in [1.29, 1.82) is 0 Å². The van der Waals surface area contributed by atoms with Gasteiger partial charge in [-0.05, 0) is 0 Å². The molecule has 1 rings (SSSR count). The second kappa shape index (κ2) is 7.85. The van der Waals surface area contributed by atoms with Gasteiger partial charge in [0.2, 0.25) is 0 Å². The van der Waals surface area contributed by atoms with Gasteiger partial charge in [-0.2, -0.15) is 0 Å². The van der Waals surface area contributed by atoms with Crippen molar-refractivity contribution < 1.29 is 14.3 Å². The van der Waals surface area contributed by atoms with Crippen molar-refractivity contribution in [2.75, 3.05) is 6.61 Å². The standard InChI is InChI=1S/C14H25O3P/c1-3-5-9-13(4-2)12-17-18(15,16)14-10-7-6-8-11-14/h6-8,10-11,13,15-16,18H,3-5,9,12H2,1-2H3. The fourth-order valence-electron chi connectivity index (χ4n) is 1.87. The summed E-state index contributed by atoms with van der Waals surface area (Å²) in [5, 5.41) is 0.510. The van der Waals surface area contributed by atoms with E-state index in [-0.39, 0.29) is 0 Å². The third-order valence-electron chi connectivity index (χ3n) is 3.21. The molecule has 1 aromatic rings. The molecule has 4 heteroatoms. The second-order valence-electron chi connectivity index (χ2n) is 4.70. The zero-order valence-corrected chi connectivity index (χ0v) is 12.3. The molecule has 0 spiro atoms. The molecule has 1 unspecified atom stereocenters. The van der Waals surface area contributed by atoms with Crippen molar-refractivity contribution in [3.05, 3.63) is 30.3 Å². The normalized spacial score (nSPS) is 14.4. The van der Waals surface area contributed by atoms with Gasteiger partial charge in [0.05, 0.1) is 0 Å². The molecule has 0 saturated heterocycles. The van der Waals surface area contributed by atoms with Crippen LogP contribution in [-0.4, -0.2) is 16.4 Å². The quantitative estimate of drug-likeness (QED) is 0.715. The monoisotopic (exact) mass is 272 g/mol. The first-order chi connectivity index (χ1) is 8.60. The van der Waals surface area contributed by atoms with Crippen LogP contribution in [0.15, 0.2) is 30.3 Å². The minimum absolute atomic E-state index is 0.417. The predicted octanol–water partition coefficient (Wildman–Crippen LogP) is 3.02. The van der Waals surface area contributed by atoms with Gasteiger partial charge in [-0.1, -0.05) is 0 Å². The molecule has 3 nitrogen and oxygen atoms in total. The molecule has 0 fully saturated rings. The Morgan fingerprint density at radius 2 is 1.83 bits per heavy atom.